The highest BCUT2D eigenvalue weighted by Gasteiger charge is 2.26. The van der Waals surface area contributed by atoms with Crippen molar-refractivity contribution in [2.75, 3.05) is 5.32 Å². The maximum absolute atomic E-state index is 13.2. The summed E-state index contributed by atoms with van der Waals surface area (Å²) >= 11 is 1.26. The van der Waals surface area contributed by atoms with Crippen molar-refractivity contribution in [2.24, 2.45) is 0 Å². The van der Waals surface area contributed by atoms with Gasteiger partial charge in [0.1, 0.15) is 11.1 Å². The minimum absolute atomic E-state index is 0.252. The molecule has 0 aliphatic heterocycles. The zero-order valence-electron chi connectivity index (χ0n) is 17.0. The van der Waals surface area contributed by atoms with E-state index in [9.17, 15) is 9.18 Å². The number of carbonyl (C=O) groups is 1. The number of halogens is 1. The lowest BCUT2D eigenvalue weighted by Gasteiger charge is -2.17. The molecule has 31 heavy (non-hydrogen) atoms. The number of tetrazole rings is 1. The number of nitrogens with zero attached hydrogens (tertiary/aromatic N) is 4. The molecule has 1 atom stereocenters. The second kappa shape index (κ2) is 9.09. The second-order valence-corrected chi connectivity index (χ2v) is 8.07. The molecule has 156 valence electrons. The number of nitrogens with one attached hydrogen (secondary N) is 1. The number of hydrogen-bond acceptors (Lipinski definition) is 5. The second-order valence-electron chi connectivity index (χ2n) is 7.00. The highest BCUT2D eigenvalue weighted by atomic mass is 32.2. The van der Waals surface area contributed by atoms with Crippen LogP contribution in [0, 0.1) is 19.7 Å². The molecule has 1 N–H and O–H groups in total. The Bertz CT molecular complexity index is 1190. The fourth-order valence-electron chi connectivity index (χ4n) is 3.12. The molecule has 0 spiro atoms. The number of thioether (sulfide) groups is 1. The largest absolute Gasteiger partial charge is 0.325 e. The minimum Gasteiger partial charge on any atom is -0.325 e. The van der Waals surface area contributed by atoms with Crippen LogP contribution in [0.2, 0.25) is 0 Å². The predicted octanol–water partition coefficient (Wildman–Crippen LogP) is 4.89. The van der Waals surface area contributed by atoms with E-state index in [2.05, 4.69) is 20.8 Å². The summed E-state index contributed by atoms with van der Waals surface area (Å²) in [5.74, 6) is -0.613. The van der Waals surface area contributed by atoms with Gasteiger partial charge in [-0.3, -0.25) is 4.79 Å². The molecule has 1 heterocycles. The Kier molecular flexibility index (Phi) is 6.08. The van der Waals surface area contributed by atoms with Gasteiger partial charge in [0, 0.05) is 5.69 Å². The van der Waals surface area contributed by atoms with E-state index in [-0.39, 0.29) is 11.7 Å². The number of aryl methyl sites for hydroxylation is 1. The summed E-state index contributed by atoms with van der Waals surface area (Å²) in [6.07, 6.45) is 0. The number of carbonyl (C=O) groups excluding carboxylic acids is 1. The van der Waals surface area contributed by atoms with Gasteiger partial charge in [0.2, 0.25) is 11.1 Å². The first-order valence-corrected chi connectivity index (χ1v) is 10.5. The van der Waals surface area contributed by atoms with Crippen molar-refractivity contribution in [3.8, 4) is 5.69 Å². The standard InChI is InChI=1S/C23H20FN5OS/c1-15-7-6-10-20(16(15)2)29-23(26-27-28-29)31-21(17-8-4-3-5-9-17)22(30)25-19-13-11-18(24)12-14-19/h3-14,21H,1-2H3,(H,25,30)/t21-/m0/s1. The fourth-order valence-corrected chi connectivity index (χ4v) is 4.10. The number of hydrogen-bond donors (Lipinski definition) is 1. The molecule has 0 bridgehead atoms. The smallest absolute Gasteiger partial charge is 0.242 e. The number of benzene rings is 3. The average molecular weight is 434 g/mol. The first-order chi connectivity index (χ1) is 15.0. The number of aromatic nitrogens is 4. The van der Waals surface area contributed by atoms with Gasteiger partial charge in [0.25, 0.3) is 0 Å². The fraction of sp³-hybridized carbons (Fsp3) is 0.130. The van der Waals surface area contributed by atoms with Crippen LogP contribution in [-0.2, 0) is 4.79 Å². The lowest BCUT2D eigenvalue weighted by molar-refractivity contribution is -0.115. The highest BCUT2D eigenvalue weighted by molar-refractivity contribution is 8.00. The maximum atomic E-state index is 13.2. The molecule has 0 saturated carbocycles. The summed E-state index contributed by atoms with van der Waals surface area (Å²) in [6.45, 7) is 4.04. The number of amides is 1. The molecule has 1 aromatic heterocycles. The highest BCUT2D eigenvalue weighted by Crippen LogP contribution is 2.36. The van der Waals surface area contributed by atoms with E-state index in [1.54, 1.807) is 4.68 Å². The Labute approximate surface area is 183 Å². The van der Waals surface area contributed by atoms with Crippen LogP contribution in [0.3, 0.4) is 0 Å². The predicted molar refractivity (Wildman–Crippen MR) is 119 cm³/mol. The van der Waals surface area contributed by atoms with Gasteiger partial charge in [-0.15, -0.1) is 5.10 Å². The molecule has 1 amide bonds. The number of anilines is 1. The zero-order chi connectivity index (χ0) is 21.8. The normalized spacial score (nSPS) is 11.8. The summed E-state index contributed by atoms with van der Waals surface area (Å²) in [4.78, 5) is 13.2. The van der Waals surface area contributed by atoms with Crippen molar-refractivity contribution < 1.29 is 9.18 Å². The van der Waals surface area contributed by atoms with Gasteiger partial charge in [-0.1, -0.05) is 54.2 Å². The number of rotatable bonds is 6. The molecule has 0 aliphatic carbocycles. The van der Waals surface area contributed by atoms with Crippen molar-refractivity contribution in [3.05, 3.63) is 95.3 Å². The van der Waals surface area contributed by atoms with E-state index < -0.39 is 5.25 Å². The lowest BCUT2D eigenvalue weighted by Crippen LogP contribution is -2.19. The Morgan fingerprint density at radius 2 is 1.74 bits per heavy atom. The molecule has 0 unspecified atom stereocenters. The molecule has 3 aromatic carbocycles. The summed E-state index contributed by atoms with van der Waals surface area (Å²) in [7, 11) is 0. The van der Waals surface area contributed by atoms with Gasteiger partial charge >= 0.3 is 0 Å². The molecular formula is C23H20FN5OS. The van der Waals surface area contributed by atoms with E-state index in [4.69, 9.17) is 0 Å². The van der Waals surface area contributed by atoms with Gasteiger partial charge < -0.3 is 5.32 Å². The van der Waals surface area contributed by atoms with Crippen LogP contribution in [0.15, 0.2) is 78.0 Å². The SMILES string of the molecule is Cc1cccc(-n2nnnc2S[C@H](C(=O)Nc2ccc(F)cc2)c2ccccc2)c1C. The Hall–Kier alpha value is -3.52. The van der Waals surface area contributed by atoms with E-state index in [1.807, 2.05) is 62.4 Å². The molecule has 4 aromatic rings. The third kappa shape index (κ3) is 4.64. The van der Waals surface area contributed by atoms with Gasteiger partial charge in [-0.2, -0.15) is 4.68 Å². The Balaban J connectivity index is 1.67. The first-order valence-electron chi connectivity index (χ1n) is 9.66. The Morgan fingerprint density at radius 3 is 2.48 bits per heavy atom. The summed E-state index contributed by atoms with van der Waals surface area (Å²) in [5, 5.41) is 14.9. The lowest BCUT2D eigenvalue weighted by atomic mass is 10.1. The van der Waals surface area contributed by atoms with E-state index >= 15 is 0 Å². The van der Waals surface area contributed by atoms with Crippen LogP contribution < -0.4 is 5.32 Å². The monoisotopic (exact) mass is 433 g/mol. The molecule has 0 aliphatic rings. The van der Waals surface area contributed by atoms with Crippen molar-refractivity contribution in [1.82, 2.24) is 20.2 Å². The average Bonchev–Trinajstić information content (AvgIpc) is 3.24. The summed E-state index contributed by atoms with van der Waals surface area (Å²) < 4.78 is 14.9. The van der Waals surface area contributed by atoms with Crippen LogP contribution in [0.5, 0.6) is 0 Å². The van der Waals surface area contributed by atoms with Crippen LogP contribution in [0.4, 0.5) is 10.1 Å². The molecule has 0 radical (unpaired) electrons. The Morgan fingerprint density at radius 1 is 1.00 bits per heavy atom. The van der Waals surface area contributed by atoms with E-state index in [0.29, 0.717) is 10.8 Å². The summed E-state index contributed by atoms with van der Waals surface area (Å²) in [6, 6.07) is 21.0. The van der Waals surface area contributed by atoms with Gasteiger partial charge in [-0.25, -0.2) is 4.39 Å². The molecule has 6 nitrogen and oxygen atoms in total. The third-order valence-electron chi connectivity index (χ3n) is 4.92. The quantitative estimate of drug-likeness (QED) is 0.438. The first kappa shape index (κ1) is 20.7. The van der Waals surface area contributed by atoms with Crippen molar-refractivity contribution in [3.63, 3.8) is 0 Å². The minimum atomic E-state index is -0.610. The van der Waals surface area contributed by atoms with Crippen molar-refractivity contribution in [2.45, 2.75) is 24.3 Å². The molecule has 8 heteroatoms. The maximum Gasteiger partial charge on any atom is 0.242 e. The van der Waals surface area contributed by atoms with E-state index in [1.165, 1.54) is 36.0 Å². The van der Waals surface area contributed by atoms with Gasteiger partial charge in [-0.05, 0) is 71.3 Å². The summed E-state index contributed by atoms with van der Waals surface area (Å²) in [5.41, 5.74) is 4.37. The molecular weight excluding hydrogens is 413 g/mol. The van der Waals surface area contributed by atoms with Crippen LogP contribution in [0.1, 0.15) is 21.9 Å². The zero-order valence-corrected chi connectivity index (χ0v) is 17.8. The third-order valence-corrected chi connectivity index (χ3v) is 6.11. The van der Waals surface area contributed by atoms with Crippen LogP contribution in [0.25, 0.3) is 5.69 Å². The van der Waals surface area contributed by atoms with Crippen LogP contribution >= 0.6 is 11.8 Å². The van der Waals surface area contributed by atoms with Crippen LogP contribution in [-0.4, -0.2) is 26.1 Å². The van der Waals surface area contributed by atoms with E-state index in [0.717, 1.165) is 22.4 Å². The molecule has 0 fully saturated rings. The molecule has 4 rings (SSSR count). The van der Waals surface area contributed by atoms with Gasteiger partial charge in [0.15, 0.2) is 0 Å². The van der Waals surface area contributed by atoms with Crippen molar-refractivity contribution >= 4 is 23.4 Å². The van der Waals surface area contributed by atoms with Gasteiger partial charge in [0.05, 0.1) is 5.69 Å². The molecule has 0 saturated heterocycles. The topological polar surface area (TPSA) is 72.7 Å². The van der Waals surface area contributed by atoms with Crippen molar-refractivity contribution in [1.29, 1.82) is 0 Å².